The van der Waals surface area contributed by atoms with Crippen molar-refractivity contribution >= 4 is 22.8 Å². The molecule has 114 valence electrons. The van der Waals surface area contributed by atoms with Crippen LogP contribution in [0.4, 0.5) is 0 Å². The van der Waals surface area contributed by atoms with E-state index < -0.39 is 0 Å². The van der Waals surface area contributed by atoms with Gasteiger partial charge in [0.2, 0.25) is 5.91 Å². The van der Waals surface area contributed by atoms with Gasteiger partial charge in [0.25, 0.3) is 0 Å². The molecule has 1 aromatic rings. The van der Waals surface area contributed by atoms with Crippen LogP contribution < -0.4 is 0 Å². The van der Waals surface area contributed by atoms with Gasteiger partial charge in [0, 0.05) is 39.3 Å². The second kappa shape index (κ2) is 7.61. The van der Waals surface area contributed by atoms with Crippen LogP contribution in [-0.2, 0) is 27.5 Å². The number of nitrogens with zero attached hydrogens (tertiary/aromatic N) is 1. The van der Waals surface area contributed by atoms with E-state index in [0.717, 1.165) is 23.4 Å². The van der Waals surface area contributed by atoms with Crippen LogP contribution in [0.15, 0.2) is 24.3 Å². The van der Waals surface area contributed by atoms with Gasteiger partial charge in [-0.3, -0.25) is 9.59 Å². The summed E-state index contributed by atoms with van der Waals surface area (Å²) in [6, 6.07) is 8.14. The number of benzene rings is 1. The number of hydrogen-bond donors (Lipinski definition) is 0. The highest BCUT2D eigenvalue weighted by Gasteiger charge is 2.29. The molecule has 0 spiro atoms. The second-order valence-corrected chi connectivity index (χ2v) is 6.59. The molecule has 1 amide bonds. The first-order chi connectivity index (χ1) is 10.1. The van der Waals surface area contributed by atoms with Crippen molar-refractivity contribution in [2.75, 3.05) is 19.4 Å². The minimum atomic E-state index is 0.120. The van der Waals surface area contributed by atoms with Gasteiger partial charge in [-0.1, -0.05) is 36.0 Å². The zero-order chi connectivity index (χ0) is 15.2. The Morgan fingerprint density at radius 3 is 2.62 bits per heavy atom. The van der Waals surface area contributed by atoms with Crippen molar-refractivity contribution in [2.45, 2.75) is 26.5 Å². The smallest absolute Gasteiger partial charge is 0.223 e. The van der Waals surface area contributed by atoms with Crippen molar-refractivity contribution in [3.8, 4) is 0 Å². The third kappa shape index (κ3) is 4.86. The van der Waals surface area contributed by atoms with E-state index in [0.29, 0.717) is 25.5 Å². The fraction of sp³-hybridized carbons (Fsp3) is 0.500. The molecule has 1 aliphatic heterocycles. The summed E-state index contributed by atoms with van der Waals surface area (Å²) in [5.74, 6) is 1.22. The van der Waals surface area contributed by atoms with Crippen LogP contribution in [0.1, 0.15) is 24.5 Å². The fourth-order valence-electron chi connectivity index (χ4n) is 2.48. The van der Waals surface area contributed by atoms with Crippen LogP contribution in [0.2, 0.25) is 0 Å². The molecule has 0 aliphatic carbocycles. The van der Waals surface area contributed by atoms with Crippen LogP contribution in [0.3, 0.4) is 0 Å². The first-order valence-electron chi connectivity index (χ1n) is 7.06. The molecule has 4 nitrogen and oxygen atoms in total. The van der Waals surface area contributed by atoms with Gasteiger partial charge in [-0.2, -0.15) is 0 Å². The second-order valence-electron chi connectivity index (χ2n) is 5.40. The maximum atomic E-state index is 12.0. The summed E-state index contributed by atoms with van der Waals surface area (Å²) in [6.45, 7) is 3.57. The van der Waals surface area contributed by atoms with Gasteiger partial charge in [-0.25, -0.2) is 0 Å². The summed E-state index contributed by atoms with van der Waals surface area (Å²) in [6.07, 6.45) is 0.558. The van der Waals surface area contributed by atoms with E-state index in [1.807, 2.05) is 29.2 Å². The van der Waals surface area contributed by atoms with E-state index in [-0.39, 0.29) is 11.0 Å². The minimum Gasteiger partial charge on any atom is -0.380 e. The Balaban J connectivity index is 1.87. The van der Waals surface area contributed by atoms with Crippen molar-refractivity contribution < 1.29 is 14.3 Å². The van der Waals surface area contributed by atoms with Gasteiger partial charge in [-0.05, 0) is 17.0 Å². The summed E-state index contributed by atoms with van der Waals surface area (Å²) in [5, 5.41) is 0.120. The lowest BCUT2D eigenvalue weighted by atomic mass is 10.1. The number of hydrogen-bond acceptors (Lipinski definition) is 4. The third-order valence-electron chi connectivity index (χ3n) is 3.52. The van der Waals surface area contributed by atoms with Crippen LogP contribution in [0.5, 0.6) is 0 Å². The number of rotatable bonds is 6. The Morgan fingerprint density at radius 2 is 2.00 bits per heavy atom. The molecule has 0 radical (unpaired) electrons. The Hall–Kier alpha value is -1.33. The molecule has 1 aliphatic rings. The average molecular weight is 307 g/mol. The number of ether oxygens (including phenoxy) is 1. The van der Waals surface area contributed by atoms with E-state index in [4.69, 9.17) is 4.74 Å². The molecule has 0 saturated carbocycles. The fourth-order valence-corrected chi connectivity index (χ4v) is 3.18. The Kier molecular flexibility index (Phi) is 5.82. The molecule has 1 unspecified atom stereocenters. The lowest BCUT2D eigenvalue weighted by Crippen LogP contribution is -2.24. The molecule has 1 aromatic carbocycles. The predicted octanol–water partition coefficient (Wildman–Crippen LogP) is 2.46. The summed E-state index contributed by atoms with van der Waals surface area (Å²) >= 11 is 1.31. The van der Waals surface area contributed by atoms with E-state index in [1.54, 1.807) is 14.0 Å². The maximum absolute atomic E-state index is 12.0. The van der Waals surface area contributed by atoms with Crippen molar-refractivity contribution in [1.82, 2.24) is 4.90 Å². The van der Waals surface area contributed by atoms with Crippen molar-refractivity contribution in [3.05, 3.63) is 35.4 Å². The minimum absolute atomic E-state index is 0.120. The van der Waals surface area contributed by atoms with Crippen molar-refractivity contribution in [3.63, 3.8) is 0 Å². The first kappa shape index (κ1) is 16.0. The van der Waals surface area contributed by atoms with E-state index in [9.17, 15) is 9.59 Å². The standard InChI is InChI=1S/C16H21NO3S/c1-12(18)21-11-15-7-16(19)17(9-15)8-13-3-5-14(6-4-13)10-20-2/h3-6,15H,7-11H2,1-2H3. The molecular formula is C16H21NO3S. The van der Waals surface area contributed by atoms with E-state index in [1.165, 1.54) is 11.8 Å². The van der Waals surface area contributed by atoms with Gasteiger partial charge >= 0.3 is 0 Å². The van der Waals surface area contributed by atoms with E-state index in [2.05, 4.69) is 0 Å². The molecule has 1 fully saturated rings. The highest BCUT2D eigenvalue weighted by molar-refractivity contribution is 8.13. The molecule has 1 atom stereocenters. The SMILES string of the molecule is COCc1ccc(CN2CC(CSC(C)=O)CC2=O)cc1. The molecule has 1 heterocycles. The number of likely N-dealkylation sites (tertiary alicyclic amines) is 1. The Morgan fingerprint density at radius 1 is 1.33 bits per heavy atom. The lowest BCUT2D eigenvalue weighted by Gasteiger charge is -2.17. The zero-order valence-electron chi connectivity index (χ0n) is 12.5. The summed E-state index contributed by atoms with van der Waals surface area (Å²) in [4.78, 5) is 24.9. The largest absolute Gasteiger partial charge is 0.380 e. The van der Waals surface area contributed by atoms with Crippen LogP contribution in [-0.4, -0.2) is 35.3 Å². The quantitative estimate of drug-likeness (QED) is 0.810. The number of carbonyl (C=O) groups excluding carboxylic acids is 2. The number of amides is 1. The van der Waals surface area contributed by atoms with Crippen molar-refractivity contribution in [2.24, 2.45) is 5.92 Å². The Labute approximate surface area is 129 Å². The molecule has 0 N–H and O–H groups in total. The summed E-state index contributed by atoms with van der Waals surface area (Å²) < 4.78 is 5.08. The average Bonchev–Trinajstić information content (AvgIpc) is 2.80. The van der Waals surface area contributed by atoms with Crippen LogP contribution >= 0.6 is 11.8 Å². The van der Waals surface area contributed by atoms with Crippen LogP contribution in [0.25, 0.3) is 0 Å². The predicted molar refractivity (Wildman–Crippen MR) is 83.8 cm³/mol. The normalized spacial score (nSPS) is 18.3. The molecule has 0 aromatic heterocycles. The first-order valence-corrected chi connectivity index (χ1v) is 8.05. The number of methoxy groups -OCH3 is 1. The Bertz CT molecular complexity index is 501. The molecular weight excluding hydrogens is 286 g/mol. The molecule has 2 rings (SSSR count). The zero-order valence-corrected chi connectivity index (χ0v) is 13.3. The molecule has 0 bridgehead atoms. The molecule has 5 heteroatoms. The third-order valence-corrected chi connectivity index (χ3v) is 4.57. The van der Waals surface area contributed by atoms with Gasteiger partial charge < -0.3 is 9.64 Å². The monoisotopic (exact) mass is 307 g/mol. The highest BCUT2D eigenvalue weighted by Crippen LogP contribution is 2.24. The lowest BCUT2D eigenvalue weighted by molar-refractivity contribution is -0.128. The van der Waals surface area contributed by atoms with Crippen molar-refractivity contribution in [1.29, 1.82) is 0 Å². The summed E-state index contributed by atoms with van der Waals surface area (Å²) in [7, 11) is 1.68. The van der Waals surface area contributed by atoms with Gasteiger partial charge in [0.15, 0.2) is 5.12 Å². The van der Waals surface area contributed by atoms with E-state index >= 15 is 0 Å². The molecule has 1 saturated heterocycles. The van der Waals surface area contributed by atoms with Crippen LogP contribution in [0, 0.1) is 5.92 Å². The number of carbonyl (C=O) groups is 2. The van der Waals surface area contributed by atoms with Gasteiger partial charge in [0.05, 0.1) is 6.61 Å². The highest BCUT2D eigenvalue weighted by atomic mass is 32.2. The summed E-state index contributed by atoms with van der Waals surface area (Å²) in [5.41, 5.74) is 2.26. The van der Waals surface area contributed by atoms with Gasteiger partial charge in [-0.15, -0.1) is 0 Å². The molecule has 21 heavy (non-hydrogen) atoms. The van der Waals surface area contributed by atoms with Gasteiger partial charge in [0.1, 0.15) is 0 Å². The topological polar surface area (TPSA) is 46.6 Å². The maximum Gasteiger partial charge on any atom is 0.223 e. The number of thioether (sulfide) groups is 1.